The van der Waals surface area contributed by atoms with Crippen LogP contribution in [0.4, 0.5) is 5.69 Å². The van der Waals surface area contributed by atoms with Crippen LogP contribution in [0.5, 0.6) is 0 Å². The highest BCUT2D eigenvalue weighted by Gasteiger charge is 2.14. The maximum atomic E-state index is 5.39. The summed E-state index contributed by atoms with van der Waals surface area (Å²) in [6.07, 6.45) is 13.1. The number of nitrogens with zero attached hydrogens (tertiary/aromatic N) is 1. The van der Waals surface area contributed by atoms with Crippen LogP contribution in [0.25, 0.3) is 11.8 Å². The minimum Gasteiger partial charge on any atom is -0.384 e. The lowest BCUT2D eigenvalue weighted by Crippen LogP contribution is -2.15. The number of H-pyrrole nitrogens is 1. The van der Waals surface area contributed by atoms with Gasteiger partial charge >= 0.3 is 0 Å². The van der Waals surface area contributed by atoms with Crippen molar-refractivity contribution in [2.75, 3.05) is 24.7 Å². The summed E-state index contributed by atoms with van der Waals surface area (Å²) in [4.78, 5) is 5.53. The monoisotopic (exact) mass is 423 g/mol. The van der Waals surface area contributed by atoms with Crippen LogP contribution in [0.3, 0.4) is 0 Å². The van der Waals surface area contributed by atoms with Crippen LogP contribution >= 0.6 is 11.3 Å². The van der Waals surface area contributed by atoms with E-state index in [0.717, 1.165) is 54.6 Å². The Morgan fingerprint density at radius 3 is 2.90 bits per heavy atom. The molecule has 30 heavy (non-hydrogen) atoms. The Morgan fingerprint density at radius 1 is 1.40 bits per heavy atom. The van der Waals surface area contributed by atoms with E-state index in [1.54, 1.807) is 11.3 Å². The highest BCUT2D eigenvalue weighted by Crippen LogP contribution is 2.28. The second-order valence-corrected chi connectivity index (χ2v) is 7.49. The number of hydrogen-bond acceptors (Lipinski definition) is 4. The van der Waals surface area contributed by atoms with E-state index in [4.69, 9.17) is 4.74 Å². The van der Waals surface area contributed by atoms with Crippen molar-refractivity contribution in [2.45, 2.75) is 27.2 Å². The molecule has 0 radical (unpaired) electrons. The Balaban J connectivity index is 2.19. The molecule has 2 aromatic rings. The first-order chi connectivity index (χ1) is 14.6. The van der Waals surface area contributed by atoms with E-state index in [2.05, 4.69) is 76.4 Å². The van der Waals surface area contributed by atoms with E-state index in [9.17, 15) is 0 Å². The largest absolute Gasteiger partial charge is 0.384 e. The average molecular weight is 424 g/mol. The highest BCUT2D eigenvalue weighted by molar-refractivity contribution is 7.08. The summed E-state index contributed by atoms with van der Waals surface area (Å²) in [7, 11) is 0. The number of anilines is 1. The fourth-order valence-corrected chi connectivity index (χ4v) is 3.55. The molecule has 0 amide bonds. The van der Waals surface area contributed by atoms with Crippen molar-refractivity contribution in [3.63, 3.8) is 0 Å². The minimum atomic E-state index is 0.751. The van der Waals surface area contributed by atoms with Crippen molar-refractivity contribution in [1.29, 1.82) is 0 Å². The van der Waals surface area contributed by atoms with Gasteiger partial charge in [-0.2, -0.15) is 11.3 Å². The molecule has 2 heterocycles. The van der Waals surface area contributed by atoms with E-state index in [-0.39, 0.29) is 0 Å². The molecular formula is C25H33N3OS. The maximum absolute atomic E-state index is 5.39. The Kier molecular flexibility index (Phi) is 9.98. The van der Waals surface area contributed by atoms with Crippen molar-refractivity contribution in [3.8, 4) is 0 Å². The smallest absolute Gasteiger partial charge is 0.0666 e. The molecular weight excluding hydrogens is 390 g/mol. The molecule has 0 aliphatic heterocycles. The molecule has 4 nitrogen and oxygen atoms in total. The summed E-state index contributed by atoms with van der Waals surface area (Å²) in [5, 5.41) is 7.58. The number of hydrogen-bond donors (Lipinski definition) is 2. The molecule has 0 spiro atoms. The third-order valence-electron chi connectivity index (χ3n) is 4.49. The van der Waals surface area contributed by atoms with Crippen molar-refractivity contribution in [1.82, 2.24) is 10.3 Å². The minimum absolute atomic E-state index is 0.751. The van der Waals surface area contributed by atoms with E-state index >= 15 is 0 Å². The molecule has 0 unspecified atom stereocenters. The first kappa shape index (κ1) is 23.5. The Labute approximate surface area is 185 Å². The molecule has 2 N–H and O–H groups in total. The molecule has 0 aliphatic rings. The van der Waals surface area contributed by atoms with Gasteiger partial charge < -0.3 is 19.9 Å². The zero-order valence-electron chi connectivity index (χ0n) is 18.3. The number of rotatable bonds is 13. The van der Waals surface area contributed by atoms with Crippen molar-refractivity contribution < 1.29 is 4.74 Å². The van der Waals surface area contributed by atoms with Gasteiger partial charge in [0.05, 0.1) is 17.1 Å². The Hall–Kier alpha value is -2.76. The number of aryl methyl sites for hydroxylation is 1. The summed E-state index contributed by atoms with van der Waals surface area (Å²) in [5.41, 5.74) is 6.15. The fraction of sp³-hybridized carbons (Fsp3) is 0.280. The second kappa shape index (κ2) is 12.7. The summed E-state index contributed by atoms with van der Waals surface area (Å²) in [5.74, 6) is 0. The molecule has 5 heteroatoms. The third-order valence-corrected chi connectivity index (χ3v) is 5.19. The SMILES string of the molecule is C=CN(C(/C=C/c1ccsc1)=C/C=C\C)c1cc(C(=C)NCCCOCC)[nH]c1C. The maximum Gasteiger partial charge on any atom is 0.0666 e. The van der Waals surface area contributed by atoms with Crippen LogP contribution in [0.15, 0.2) is 72.3 Å². The van der Waals surface area contributed by atoms with Gasteiger partial charge in [-0.15, -0.1) is 0 Å². The highest BCUT2D eigenvalue weighted by atomic mass is 32.1. The van der Waals surface area contributed by atoms with Gasteiger partial charge in [-0.3, -0.25) is 0 Å². The summed E-state index contributed by atoms with van der Waals surface area (Å²) < 4.78 is 5.39. The van der Waals surface area contributed by atoms with Gasteiger partial charge in [-0.25, -0.2) is 0 Å². The van der Waals surface area contributed by atoms with Gasteiger partial charge in [0, 0.05) is 37.3 Å². The van der Waals surface area contributed by atoms with E-state index in [1.165, 1.54) is 5.56 Å². The summed E-state index contributed by atoms with van der Waals surface area (Å²) in [6.45, 7) is 16.6. The van der Waals surface area contributed by atoms with E-state index in [0.29, 0.717) is 0 Å². The number of ether oxygens (including phenoxy) is 1. The molecule has 0 bridgehead atoms. The third kappa shape index (κ3) is 6.94. The average Bonchev–Trinajstić information content (AvgIpc) is 3.40. The normalized spacial score (nSPS) is 12.0. The topological polar surface area (TPSA) is 40.3 Å². The lowest BCUT2D eigenvalue weighted by atomic mass is 10.2. The first-order valence-corrected chi connectivity index (χ1v) is 11.2. The van der Waals surface area contributed by atoms with Gasteiger partial charge in [0.2, 0.25) is 0 Å². The molecule has 0 aliphatic carbocycles. The second-order valence-electron chi connectivity index (χ2n) is 6.71. The molecule has 0 saturated heterocycles. The number of nitrogens with one attached hydrogen (secondary N) is 2. The van der Waals surface area contributed by atoms with Crippen molar-refractivity contribution in [3.05, 3.63) is 89.2 Å². The molecule has 160 valence electrons. The summed E-state index contributed by atoms with van der Waals surface area (Å²) in [6, 6.07) is 4.21. The lowest BCUT2D eigenvalue weighted by molar-refractivity contribution is 0.145. The van der Waals surface area contributed by atoms with Gasteiger partial charge in [0.15, 0.2) is 0 Å². The molecule has 0 atom stereocenters. The van der Waals surface area contributed by atoms with Crippen LogP contribution in [0, 0.1) is 6.92 Å². The molecule has 0 aromatic carbocycles. The lowest BCUT2D eigenvalue weighted by Gasteiger charge is -2.21. The van der Waals surface area contributed by atoms with Crippen LogP contribution in [-0.4, -0.2) is 24.7 Å². The van der Waals surface area contributed by atoms with Crippen LogP contribution in [0.1, 0.15) is 37.2 Å². The van der Waals surface area contributed by atoms with Crippen LogP contribution in [-0.2, 0) is 4.74 Å². The van der Waals surface area contributed by atoms with Gasteiger partial charge in [-0.1, -0.05) is 31.4 Å². The van der Waals surface area contributed by atoms with Crippen molar-refractivity contribution in [2.24, 2.45) is 0 Å². The number of thiophene rings is 1. The number of allylic oxidation sites excluding steroid dienone is 4. The quantitative estimate of drug-likeness (QED) is 0.285. The number of aromatic amines is 1. The first-order valence-electron chi connectivity index (χ1n) is 10.3. The zero-order chi connectivity index (χ0) is 21.8. The van der Waals surface area contributed by atoms with E-state index < -0.39 is 0 Å². The van der Waals surface area contributed by atoms with Gasteiger partial charge in [-0.05, 0) is 67.8 Å². The summed E-state index contributed by atoms with van der Waals surface area (Å²) >= 11 is 1.69. The molecule has 2 aromatic heterocycles. The van der Waals surface area contributed by atoms with Crippen LogP contribution < -0.4 is 10.2 Å². The van der Waals surface area contributed by atoms with Crippen molar-refractivity contribution >= 4 is 28.8 Å². The Morgan fingerprint density at radius 2 is 2.23 bits per heavy atom. The van der Waals surface area contributed by atoms with Gasteiger partial charge in [0.25, 0.3) is 0 Å². The van der Waals surface area contributed by atoms with Gasteiger partial charge in [0.1, 0.15) is 0 Å². The fourth-order valence-electron chi connectivity index (χ4n) is 2.92. The molecule has 0 saturated carbocycles. The predicted octanol–water partition coefficient (Wildman–Crippen LogP) is 6.49. The standard InChI is InChI=1S/C25H33N3OS/c1-6-9-11-23(13-12-22-14-17-30-19-22)28(7-2)25-18-24(27-21(25)5)20(4)26-15-10-16-29-8-3/h6-7,9,11-14,17-19,26-27H,2,4,8,10,15-16H2,1,3,5H3/b9-6-,13-12+,23-11+. The zero-order valence-corrected chi connectivity index (χ0v) is 19.1. The van der Waals surface area contributed by atoms with E-state index in [1.807, 2.05) is 32.2 Å². The molecule has 2 rings (SSSR count). The molecule has 0 fully saturated rings. The van der Waals surface area contributed by atoms with Crippen LogP contribution in [0.2, 0.25) is 0 Å². The predicted molar refractivity (Wildman–Crippen MR) is 133 cm³/mol. The number of aromatic nitrogens is 1. The Bertz CT molecular complexity index is 888.